The fourth-order valence-electron chi connectivity index (χ4n) is 2.29. The number of aromatic nitrogens is 4. The number of nitrogens with zero attached hydrogens (tertiary/aromatic N) is 4. The molecule has 0 aromatic carbocycles. The highest BCUT2D eigenvalue weighted by Gasteiger charge is 2.16. The number of anilines is 1. The van der Waals surface area contributed by atoms with Crippen molar-refractivity contribution in [2.24, 2.45) is 21.1 Å². The number of hydrogen-bond donors (Lipinski definition) is 2. The summed E-state index contributed by atoms with van der Waals surface area (Å²) in [7, 11) is 4.80. The minimum Gasteiger partial charge on any atom is -0.396 e. The fourth-order valence-corrected chi connectivity index (χ4v) is 2.29. The van der Waals surface area contributed by atoms with Gasteiger partial charge >= 0.3 is 5.69 Å². The van der Waals surface area contributed by atoms with Gasteiger partial charge in [0.25, 0.3) is 5.56 Å². The van der Waals surface area contributed by atoms with E-state index in [1.165, 1.54) is 11.6 Å². The maximum absolute atomic E-state index is 12.2. The maximum Gasteiger partial charge on any atom is 0.332 e. The molecule has 116 valence electrons. The number of fused-ring (bicyclic) bond motifs is 1. The molecule has 0 radical (unpaired) electrons. The van der Waals surface area contributed by atoms with Gasteiger partial charge in [-0.3, -0.25) is 13.9 Å². The number of imidazole rings is 1. The van der Waals surface area contributed by atoms with E-state index in [2.05, 4.69) is 10.3 Å². The summed E-state index contributed by atoms with van der Waals surface area (Å²) in [6, 6.07) is 0. The average molecular weight is 295 g/mol. The minimum absolute atomic E-state index is 0.199. The third-order valence-electron chi connectivity index (χ3n) is 3.59. The quantitative estimate of drug-likeness (QED) is 0.704. The first kappa shape index (κ1) is 15.3. The van der Waals surface area contributed by atoms with E-state index in [1.54, 1.807) is 18.7 Å². The smallest absolute Gasteiger partial charge is 0.332 e. The Bertz CT molecular complexity index is 756. The highest BCUT2D eigenvalue weighted by atomic mass is 16.3. The Balaban J connectivity index is 2.34. The van der Waals surface area contributed by atoms with E-state index < -0.39 is 0 Å². The lowest BCUT2D eigenvalue weighted by Crippen LogP contribution is -2.37. The number of aryl methyl sites for hydroxylation is 2. The van der Waals surface area contributed by atoms with Gasteiger partial charge < -0.3 is 15.0 Å². The SMILES string of the molecule is Cn1c(=O)c2c(nc(NCCCCCO)n2C)n(C)c1=O. The molecule has 2 N–H and O–H groups in total. The van der Waals surface area contributed by atoms with Gasteiger partial charge in [-0.2, -0.15) is 4.98 Å². The highest BCUT2D eigenvalue weighted by molar-refractivity contribution is 5.74. The van der Waals surface area contributed by atoms with Crippen LogP contribution in [0.15, 0.2) is 9.59 Å². The minimum atomic E-state index is -0.389. The summed E-state index contributed by atoms with van der Waals surface area (Å²) in [4.78, 5) is 28.4. The third kappa shape index (κ3) is 2.71. The Morgan fingerprint density at radius 2 is 1.76 bits per heavy atom. The van der Waals surface area contributed by atoms with Crippen LogP contribution in [0.1, 0.15) is 19.3 Å². The van der Waals surface area contributed by atoms with E-state index in [4.69, 9.17) is 5.11 Å². The molecule has 0 fully saturated rings. The van der Waals surface area contributed by atoms with Crippen LogP contribution in [-0.4, -0.2) is 36.9 Å². The monoisotopic (exact) mass is 295 g/mol. The summed E-state index contributed by atoms with van der Waals surface area (Å²) in [5.74, 6) is 0.562. The summed E-state index contributed by atoms with van der Waals surface area (Å²) in [6.45, 7) is 0.899. The van der Waals surface area contributed by atoms with Crippen molar-refractivity contribution >= 4 is 17.1 Å². The van der Waals surface area contributed by atoms with Crippen LogP contribution in [0, 0.1) is 0 Å². The fraction of sp³-hybridized carbons (Fsp3) is 0.615. The number of nitrogens with one attached hydrogen (secondary N) is 1. The van der Waals surface area contributed by atoms with Crippen LogP contribution in [0.5, 0.6) is 0 Å². The summed E-state index contributed by atoms with van der Waals surface area (Å²) >= 11 is 0. The van der Waals surface area contributed by atoms with Crippen molar-refractivity contribution in [2.45, 2.75) is 19.3 Å². The van der Waals surface area contributed by atoms with Crippen LogP contribution in [0.25, 0.3) is 11.2 Å². The topological polar surface area (TPSA) is 94.1 Å². The lowest BCUT2D eigenvalue weighted by atomic mass is 10.2. The van der Waals surface area contributed by atoms with E-state index >= 15 is 0 Å². The van der Waals surface area contributed by atoms with Crippen molar-refractivity contribution in [2.75, 3.05) is 18.5 Å². The lowest BCUT2D eigenvalue weighted by molar-refractivity contribution is 0.283. The Labute approximate surface area is 121 Å². The van der Waals surface area contributed by atoms with Crippen LogP contribution in [0.4, 0.5) is 5.95 Å². The number of aliphatic hydroxyl groups excluding tert-OH is 1. The first-order valence-corrected chi connectivity index (χ1v) is 6.96. The van der Waals surface area contributed by atoms with Crippen molar-refractivity contribution in [3.63, 3.8) is 0 Å². The van der Waals surface area contributed by atoms with Gasteiger partial charge in [-0.15, -0.1) is 0 Å². The maximum atomic E-state index is 12.2. The third-order valence-corrected chi connectivity index (χ3v) is 3.59. The van der Waals surface area contributed by atoms with Crippen molar-refractivity contribution in [1.82, 2.24) is 18.7 Å². The van der Waals surface area contributed by atoms with Gasteiger partial charge in [0.05, 0.1) is 0 Å². The lowest BCUT2D eigenvalue weighted by Gasteiger charge is -2.05. The molecule has 0 bridgehead atoms. The number of aliphatic hydroxyl groups is 1. The predicted octanol–water partition coefficient (Wildman–Crippen LogP) is -0.455. The molecular weight excluding hydrogens is 274 g/mol. The molecule has 0 aliphatic carbocycles. The molecule has 2 aromatic heterocycles. The predicted molar refractivity (Wildman–Crippen MR) is 80.6 cm³/mol. The number of unbranched alkanes of at least 4 members (excludes halogenated alkanes) is 2. The molecule has 2 aromatic rings. The standard InChI is InChI=1S/C13H21N5O3/c1-16-9-10(17(2)13(21)18(3)11(9)20)15-12(16)14-7-5-4-6-8-19/h19H,4-8H2,1-3H3,(H,14,15). The number of rotatable bonds is 6. The average Bonchev–Trinajstić information content (AvgIpc) is 2.80. The van der Waals surface area contributed by atoms with Crippen LogP contribution in [0.2, 0.25) is 0 Å². The largest absolute Gasteiger partial charge is 0.396 e. The van der Waals surface area contributed by atoms with Crippen molar-refractivity contribution in [1.29, 1.82) is 0 Å². The highest BCUT2D eigenvalue weighted by Crippen LogP contribution is 2.13. The van der Waals surface area contributed by atoms with Gasteiger partial charge in [0.15, 0.2) is 11.2 Å². The van der Waals surface area contributed by atoms with Gasteiger partial charge in [-0.1, -0.05) is 0 Å². The summed E-state index contributed by atoms with van der Waals surface area (Å²) in [5, 5.41) is 11.9. The molecule has 0 saturated carbocycles. The van der Waals surface area contributed by atoms with Gasteiger partial charge in [0.1, 0.15) is 0 Å². The van der Waals surface area contributed by atoms with E-state index in [9.17, 15) is 9.59 Å². The second-order valence-electron chi connectivity index (χ2n) is 5.08. The molecule has 0 amide bonds. The van der Waals surface area contributed by atoms with E-state index in [0.29, 0.717) is 23.7 Å². The molecule has 0 aliphatic rings. The zero-order chi connectivity index (χ0) is 15.6. The first-order chi connectivity index (χ1) is 9.99. The molecule has 0 aliphatic heterocycles. The molecule has 2 rings (SSSR count). The second-order valence-corrected chi connectivity index (χ2v) is 5.08. The molecule has 0 spiro atoms. The van der Waals surface area contributed by atoms with E-state index in [1.807, 2.05) is 0 Å². The van der Waals surface area contributed by atoms with Crippen LogP contribution >= 0.6 is 0 Å². The first-order valence-electron chi connectivity index (χ1n) is 6.96. The zero-order valence-electron chi connectivity index (χ0n) is 12.6. The molecule has 21 heavy (non-hydrogen) atoms. The molecule has 2 heterocycles. The van der Waals surface area contributed by atoms with E-state index in [0.717, 1.165) is 23.8 Å². The van der Waals surface area contributed by atoms with Crippen molar-refractivity contribution in [3.05, 3.63) is 20.8 Å². The molecule has 8 nitrogen and oxygen atoms in total. The number of hydrogen-bond acceptors (Lipinski definition) is 5. The Kier molecular flexibility index (Phi) is 4.46. The van der Waals surface area contributed by atoms with Gasteiger partial charge in [0.2, 0.25) is 5.95 Å². The Morgan fingerprint density at radius 1 is 1.05 bits per heavy atom. The Hall–Kier alpha value is -2.09. The summed E-state index contributed by atoms with van der Waals surface area (Å²) < 4.78 is 4.12. The second kappa shape index (κ2) is 6.13. The van der Waals surface area contributed by atoms with Gasteiger partial charge in [-0.05, 0) is 19.3 Å². The molecule has 8 heteroatoms. The molecule has 0 atom stereocenters. The summed E-state index contributed by atoms with van der Waals surface area (Å²) in [6.07, 6.45) is 2.60. The molecule has 0 unspecified atom stereocenters. The molecular formula is C13H21N5O3. The van der Waals surface area contributed by atoms with Crippen LogP contribution in [-0.2, 0) is 21.1 Å². The Morgan fingerprint density at radius 3 is 2.43 bits per heavy atom. The van der Waals surface area contributed by atoms with Crippen molar-refractivity contribution < 1.29 is 5.11 Å². The summed E-state index contributed by atoms with van der Waals surface area (Å²) in [5.41, 5.74) is 0.0393. The van der Waals surface area contributed by atoms with E-state index in [-0.39, 0.29) is 17.9 Å². The van der Waals surface area contributed by atoms with Gasteiger partial charge in [-0.25, -0.2) is 4.79 Å². The van der Waals surface area contributed by atoms with Gasteiger partial charge in [0, 0.05) is 34.3 Å². The van der Waals surface area contributed by atoms with Crippen LogP contribution in [0.3, 0.4) is 0 Å². The normalized spacial score (nSPS) is 11.2. The van der Waals surface area contributed by atoms with Crippen molar-refractivity contribution in [3.8, 4) is 0 Å². The zero-order valence-corrected chi connectivity index (χ0v) is 12.6. The van der Waals surface area contributed by atoms with Crippen LogP contribution < -0.4 is 16.6 Å². The molecule has 0 saturated heterocycles.